The van der Waals surface area contributed by atoms with Crippen LogP contribution in [0, 0.1) is 31.3 Å². The average molecular weight is 269 g/mol. The van der Waals surface area contributed by atoms with E-state index in [4.69, 9.17) is 0 Å². The Morgan fingerprint density at radius 1 is 1.11 bits per heavy atom. The molecule has 0 aliphatic carbocycles. The van der Waals surface area contributed by atoms with E-state index in [-0.39, 0.29) is 5.69 Å². The van der Waals surface area contributed by atoms with Crippen molar-refractivity contribution in [1.29, 1.82) is 0 Å². The first-order chi connectivity index (χ1) is 8.90. The zero-order chi connectivity index (χ0) is 14.2. The highest BCUT2D eigenvalue weighted by atomic mass is 19.2. The summed E-state index contributed by atoms with van der Waals surface area (Å²) in [6.07, 6.45) is 0. The SMILES string of the molecule is Cc1nn(C)c(C)c1CNc1cc(F)c(F)cc1F. The molecule has 0 aliphatic heterocycles. The average Bonchev–Trinajstić information content (AvgIpc) is 2.57. The second-order valence-corrected chi connectivity index (χ2v) is 4.37. The molecule has 1 N–H and O–H groups in total. The van der Waals surface area contributed by atoms with Crippen molar-refractivity contribution in [2.24, 2.45) is 7.05 Å². The molecule has 0 amide bonds. The maximum Gasteiger partial charge on any atom is 0.161 e. The van der Waals surface area contributed by atoms with E-state index in [0.29, 0.717) is 12.6 Å². The molecule has 19 heavy (non-hydrogen) atoms. The van der Waals surface area contributed by atoms with Gasteiger partial charge in [-0.1, -0.05) is 0 Å². The standard InChI is InChI=1S/C13H14F3N3/c1-7-9(8(2)19(3)18-7)6-17-13-5-11(15)10(14)4-12(13)16/h4-5,17H,6H2,1-3H3. The van der Waals surface area contributed by atoms with Gasteiger partial charge in [0.1, 0.15) is 5.82 Å². The van der Waals surface area contributed by atoms with Gasteiger partial charge in [-0.2, -0.15) is 5.10 Å². The molecule has 0 bridgehead atoms. The predicted molar refractivity (Wildman–Crippen MR) is 66.3 cm³/mol. The Kier molecular flexibility index (Phi) is 3.50. The van der Waals surface area contributed by atoms with Crippen molar-refractivity contribution < 1.29 is 13.2 Å². The van der Waals surface area contributed by atoms with E-state index >= 15 is 0 Å². The van der Waals surface area contributed by atoms with Crippen molar-refractivity contribution in [2.45, 2.75) is 20.4 Å². The third-order valence-corrected chi connectivity index (χ3v) is 3.12. The summed E-state index contributed by atoms with van der Waals surface area (Å²) in [7, 11) is 1.81. The summed E-state index contributed by atoms with van der Waals surface area (Å²) in [6, 6.07) is 1.34. The molecule has 1 heterocycles. The monoisotopic (exact) mass is 269 g/mol. The van der Waals surface area contributed by atoms with Gasteiger partial charge in [-0.25, -0.2) is 13.2 Å². The number of halogens is 3. The first-order valence-electron chi connectivity index (χ1n) is 5.77. The van der Waals surface area contributed by atoms with Crippen molar-refractivity contribution in [1.82, 2.24) is 9.78 Å². The summed E-state index contributed by atoms with van der Waals surface area (Å²) in [5.74, 6) is -3.10. The van der Waals surface area contributed by atoms with E-state index in [9.17, 15) is 13.2 Å². The normalized spacial score (nSPS) is 10.8. The van der Waals surface area contributed by atoms with Crippen molar-refractivity contribution >= 4 is 5.69 Å². The molecule has 2 aromatic rings. The number of hydrogen-bond donors (Lipinski definition) is 1. The maximum atomic E-state index is 13.4. The fourth-order valence-corrected chi connectivity index (χ4v) is 1.91. The Bertz CT molecular complexity index is 620. The van der Waals surface area contributed by atoms with Crippen LogP contribution in [0.1, 0.15) is 17.0 Å². The van der Waals surface area contributed by atoms with Crippen LogP contribution in [0.2, 0.25) is 0 Å². The first kappa shape index (κ1) is 13.5. The highest BCUT2D eigenvalue weighted by Crippen LogP contribution is 2.20. The number of aromatic nitrogens is 2. The fraction of sp³-hybridized carbons (Fsp3) is 0.308. The lowest BCUT2D eigenvalue weighted by atomic mass is 10.2. The van der Waals surface area contributed by atoms with Gasteiger partial charge in [-0.3, -0.25) is 4.68 Å². The molecular weight excluding hydrogens is 255 g/mol. The maximum absolute atomic E-state index is 13.4. The largest absolute Gasteiger partial charge is 0.378 e. The first-order valence-corrected chi connectivity index (χ1v) is 5.77. The molecule has 102 valence electrons. The minimum absolute atomic E-state index is 0.0680. The number of nitrogens with zero attached hydrogens (tertiary/aromatic N) is 2. The van der Waals surface area contributed by atoms with Crippen LogP contribution >= 0.6 is 0 Å². The summed E-state index contributed by atoms with van der Waals surface area (Å²) in [5, 5.41) is 6.98. The Labute approximate surface area is 109 Å². The van der Waals surface area contributed by atoms with Crippen molar-refractivity contribution in [3.8, 4) is 0 Å². The zero-order valence-electron chi connectivity index (χ0n) is 10.9. The lowest BCUT2D eigenvalue weighted by molar-refractivity contribution is 0.496. The van der Waals surface area contributed by atoms with E-state index in [1.807, 2.05) is 20.9 Å². The van der Waals surface area contributed by atoms with Crippen LogP contribution in [-0.2, 0) is 13.6 Å². The molecule has 2 rings (SSSR count). The number of anilines is 1. The smallest absolute Gasteiger partial charge is 0.161 e. The Balaban J connectivity index is 2.21. The summed E-state index contributed by atoms with van der Waals surface area (Å²) < 4.78 is 41.0. The molecule has 0 radical (unpaired) electrons. The minimum Gasteiger partial charge on any atom is -0.378 e. The van der Waals surface area contributed by atoms with E-state index in [0.717, 1.165) is 23.0 Å². The molecule has 1 aromatic carbocycles. The van der Waals surface area contributed by atoms with Gasteiger partial charge in [0.2, 0.25) is 0 Å². The van der Waals surface area contributed by atoms with E-state index in [1.54, 1.807) is 4.68 Å². The Morgan fingerprint density at radius 3 is 2.32 bits per heavy atom. The van der Waals surface area contributed by atoms with Crippen LogP contribution in [0.3, 0.4) is 0 Å². The number of hydrogen-bond acceptors (Lipinski definition) is 2. The van der Waals surface area contributed by atoms with Crippen LogP contribution in [0.25, 0.3) is 0 Å². The highest BCUT2D eigenvalue weighted by molar-refractivity contribution is 5.46. The summed E-state index contributed by atoms with van der Waals surface area (Å²) in [5.41, 5.74) is 2.59. The molecule has 0 fully saturated rings. The van der Waals surface area contributed by atoms with Crippen LogP contribution in [0.5, 0.6) is 0 Å². The summed E-state index contributed by atoms with van der Waals surface area (Å²) >= 11 is 0. The predicted octanol–water partition coefficient (Wildman–Crippen LogP) is 3.07. The fourth-order valence-electron chi connectivity index (χ4n) is 1.91. The molecular formula is C13H14F3N3. The molecule has 0 saturated heterocycles. The summed E-state index contributed by atoms with van der Waals surface area (Å²) in [4.78, 5) is 0. The third-order valence-electron chi connectivity index (χ3n) is 3.12. The van der Waals surface area contributed by atoms with Crippen LogP contribution in [-0.4, -0.2) is 9.78 Å². The van der Waals surface area contributed by atoms with Gasteiger partial charge in [0.15, 0.2) is 11.6 Å². The van der Waals surface area contributed by atoms with Crippen LogP contribution in [0.15, 0.2) is 12.1 Å². The highest BCUT2D eigenvalue weighted by Gasteiger charge is 2.12. The third kappa shape index (κ3) is 2.57. The van der Waals surface area contributed by atoms with Gasteiger partial charge in [-0.05, 0) is 13.8 Å². The van der Waals surface area contributed by atoms with E-state index < -0.39 is 17.5 Å². The molecule has 3 nitrogen and oxygen atoms in total. The topological polar surface area (TPSA) is 29.9 Å². The van der Waals surface area contributed by atoms with Crippen molar-refractivity contribution in [2.75, 3.05) is 5.32 Å². The lowest BCUT2D eigenvalue weighted by Gasteiger charge is -2.08. The lowest BCUT2D eigenvalue weighted by Crippen LogP contribution is -2.05. The van der Waals surface area contributed by atoms with Crippen molar-refractivity contribution in [3.63, 3.8) is 0 Å². The van der Waals surface area contributed by atoms with Gasteiger partial charge < -0.3 is 5.32 Å². The molecule has 6 heteroatoms. The van der Waals surface area contributed by atoms with E-state index in [2.05, 4.69) is 10.4 Å². The van der Waals surface area contributed by atoms with Crippen LogP contribution < -0.4 is 5.32 Å². The van der Waals surface area contributed by atoms with Crippen LogP contribution in [0.4, 0.5) is 18.9 Å². The summed E-state index contributed by atoms with van der Waals surface area (Å²) in [6.45, 7) is 4.03. The molecule has 0 atom stereocenters. The number of aryl methyl sites for hydroxylation is 2. The van der Waals surface area contributed by atoms with Gasteiger partial charge in [0.25, 0.3) is 0 Å². The Hall–Kier alpha value is -1.98. The number of rotatable bonds is 3. The number of benzene rings is 1. The van der Waals surface area contributed by atoms with Gasteiger partial charge in [-0.15, -0.1) is 0 Å². The van der Waals surface area contributed by atoms with Crippen molar-refractivity contribution in [3.05, 3.63) is 46.5 Å². The number of nitrogens with one attached hydrogen (secondary N) is 1. The van der Waals surface area contributed by atoms with Gasteiger partial charge in [0, 0.05) is 37.0 Å². The second kappa shape index (κ2) is 4.95. The molecule has 0 unspecified atom stereocenters. The molecule has 0 spiro atoms. The molecule has 0 aliphatic rings. The molecule has 0 saturated carbocycles. The zero-order valence-corrected chi connectivity index (χ0v) is 10.9. The van der Waals surface area contributed by atoms with Gasteiger partial charge in [0.05, 0.1) is 11.4 Å². The second-order valence-electron chi connectivity index (χ2n) is 4.37. The van der Waals surface area contributed by atoms with E-state index in [1.165, 1.54) is 0 Å². The quantitative estimate of drug-likeness (QED) is 0.868. The minimum atomic E-state index is -1.20. The van der Waals surface area contributed by atoms with Gasteiger partial charge >= 0.3 is 0 Å². The molecule has 1 aromatic heterocycles. The Morgan fingerprint density at radius 2 is 1.74 bits per heavy atom.